The van der Waals surface area contributed by atoms with Gasteiger partial charge in [0.2, 0.25) is 0 Å². The van der Waals surface area contributed by atoms with E-state index < -0.39 is 0 Å². The Hall–Kier alpha value is -3.28. The molecule has 1 aliphatic heterocycles. The number of benzene rings is 2. The van der Waals surface area contributed by atoms with E-state index in [2.05, 4.69) is 53.7 Å². The number of hydrogen-bond acceptors (Lipinski definition) is 5. The van der Waals surface area contributed by atoms with Crippen LogP contribution in [-0.4, -0.2) is 42.5 Å². The Balaban J connectivity index is 1.77. The van der Waals surface area contributed by atoms with Gasteiger partial charge < -0.3 is 18.9 Å². The minimum absolute atomic E-state index is 0.0277. The molecule has 0 radical (unpaired) electrons. The number of ether oxygens (including phenoxy) is 2. The van der Waals surface area contributed by atoms with Crippen LogP contribution >= 0.6 is 0 Å². The largest absolute Gasteiger partial charge is 0.473 e. The average molecular weight is 435 g/mol. The van der Waals surface area contributed by atoms with E-state index >= 15 is 0 Å². The van der Waals surface area contributed by atoms with Crippen molar-refractivity contribution in [2.24, 2.45) is 0 Å². The maximum atomic E-state index is 11.9. The van der Waals surface area contributed by atoms with Crippen LogP contribution in [0.3, 0.4) is 0 Å². The second-order valence-corrected chi connectivity index (χ2v) is 8.42. The van der Waals surface area contributed by atoms with Crippen molar-refractivity contribution < 1.29 is 18.8 Å². The number of aromatic nitrogens is 1. The number of amides is 1. The molecule has 0 atom stereocenters. The molecule has 32 heavy (non-hydrogen) atoms. The molecule has 0 bridgehead atoms. The van der Waals surface area contributed by atoms with Gasteiger partial charge in [0.15, 0.2) is 0 Å². The van der Waals surface area contributed by atoms with Gasteiger partial charge in [-0.25, -0.2) is 4.79 Å². The maximum Gasteiger partial charge on any atom is 0.409 e. The average Bonchev–Trinajstić information content (AvgIpc) is 3.22. The van der Waals surface area contributed by atoms with Gasteiger partial charge in [-0.05, 0) is 43.0 Å². The Bertz CT molecular complexity index is 969. The first kappa shape index (κ1) is 21.9. The molecule has 2 heterocycles. The van der Waals surface area contributed by atoms with Gasteiger partial charge in [0, 0.05) is 24.9 Å². The molecule has 0 saturated carbocycles. The molecule has 3 aromatic rings. The van der Waals surface area contributed by atoms with Gasteiger partial charge in [-0.15, -0.1) is 0 Å². The zero-order chi connectivity index (χ0) is 22.5. The number of nitrogens with zero attached hydrogens (tertiary/aromatic N) is 2. The minimum atomic E-state index is -0.281. The molecule has 2 aromatic carbocycles. The summed E-state index contributed by atoms with van der Waals surface area (Å²) < 4.78 is 17.0. The fraction of sp³-hybridized carbons (Fsp3) is 0.385. The van der Waals surface area contributed by atoms with Crippen molar-refractivity contribution >= 4 is 6.09 Å². The van der Waals surface area contributed by atoms with Gasteiger partial charge >= 0.3 is 6.09 Å². The second-order valence-electron chi connectivity index (χ2n) is 8.42. The van der Waals surface area contributed by atoms with Crippen molar-refractivity contribution in [2.75, 3.05) is 20.2 Å². The zero-order valence-electron chi connectivity index (χ0n) is 18.9. The Kier molecular flexibility index (Phi) is 6.78. The number of likely N-dealkylation sites (tertiary alicyclic amines) is 1. The number of rotatable bonds is 6. The number of methoxy groups -OCH3 is 1. The number of hydrogen-bond donors (Lipinski definition) is 0. The first-order chi connectivity index (χ1) is 15.6. The summed E-state index contributed by atoms with van der Waals surface area (Å²) in [6, 6.07) is 20.8. The Morgan fingerprint density at radius 1 is 1.00 bits per heavy atom. The zero-order valence-corrected chi connectivity index (χ0v) is 18.9. The smallest absolute Gasteiger partial charge is 0.409 e. The molecule has 6 heteroatoms. The number of carbonyl (C=O) groups excluding carboxylic acids is 1. The quantitative estimate of drug-likeness (QED) is 0.506. The van der Waals surface area contributed by atoms with Crippen molar-refractivity contribution in [1.82, 2.24) is 10.1 Å². The van der Waals surface area contributed by atoms with Crippen molar-refractivity contribution in [3.8, 4) is 5.88 Å². The summed E-state index contributed by atoms with van der Waals surface area (Å²) in [5, 5.41) is 4.37. The molecule has 0 unspecified atom stereocenters. The van der Waals surface area contributed by atoms with Gasteiger partial charge in [-0.3, -0.25) is 0 Å². The molecular weight excluding hydrogens is 404 g/mol. The summed E-state index contributed by atoms with van der Waals surface area (Å²) in [5.74, 6) is 1.48. The van der Waals surface area contributed by atoms with Crippen molar-refractivity contribution in [3.05, 3.63) is 83.1 Å². The molecular formula is C26H30N2O4. The van der Waals surface area contributed by atoms with E-state index in [1.165, 1.54) is 7.11 Å². The van der Waals surface area contributed by atoms with Crippen molar-refractivity contribution in [1.29, 1.82) is 0 Å². The van der Waals surface area contributed by atoms with Crippen LogP contribution in [0.4, 0.5) is 4.79 Å². The van der Waals surface area contributed by atoms with Gasteiger partial charge in [0.05, 0.1) is 18.8 Å². The third kappa shape index (κ3) is 4.64. The van der Waals surface area contributed by atoms with E-state index in [9.17, 15) is 4.79 Å². The molecule has 168 valence electrons. The molecule has 0 aliphatic carbocycles. The highest BCUT2D eigenvalue weighted by Gasteiger charge is 2.35. The molecule has 1 aliphatic rings. The molecule has 1 amide bonds. The van der Waals surface area contributed by atoms with E-state index in [1.54, 1.807) is 4.90 Å². The lowest BCUT2D eigenvalue weighted by Gasteiger charge is -2.30. The standard InChI is InChI=1S/C26H30N2O4/c1-18(2)31-25-23(22(19-10-6-4-7-11-19)20-12-8-5-9-13-20)24(32-27-25)21-14-16-28(17-15-21)26(29)30-3/h4-13,18,21-22H,14-17H2,1-3H3. The van der Waals surface area contributed by atoms with Gasteiger partial charge in [0.1, 0.15) is 5.76 Å². The Morgan fingerprint density at radius 3 is 2.06 bits per heavy atom. The number of piperidine rings is 1. The van der Waals surface area contributed by atoms with Gasteiger partial charge in [-0.2, -0.15) is 0 Å². The summed E-state index contributed by atoms with van der Waals surface area (Å²) in [7, 11) is 1.42. The Labute approximate surface area is 189 Å². The van der Waals surface area contributed by atoms with Crippen LogP contribution in [0, 0.1) is 0 Å². The van der Waals surface area contributed by atoms with E-state index in [4.69, 9.17) is 14.0 Å². The second kappa shape index (κ2) is 9.90. The maximum absolute atomic E-state index is 11.9. The lowest BCUT2D eigenvalue weighted by atomic mass is 9.81. The van der Waals surface area contributed by atoms with Gasteiger partial charge in [-0.1, -0.05) is 60.7 Å². The van der Waals surface area contributed by atoms with Crippen LogP contribution in [0.2, 0.25) is 0 Å². The monoisotopic (exact) mass is 434 g/mol. The topological polar surface area (TPSA) is 64.8 Å². The van der Waals surface area contributed by atoms with Crippen molar-refractivity contribution in [3.63, 3.8) is 0 Å². The summed E-state index contributed by atoms with van der Waals surface area (Å²) in [5.41, 5.74) is 3.29. The Morgan fingerprint density at radius 2 is 1.56 bits per heavy atom. The van der Waals surface area contributed by atoms with Crippen LogP contribution in [0.1, 0.15) is 61.0 Å². The predicted molar refractivity (Wildman–Crippen MR) is 122 cm³/mol. The molecule has 4 rings (SSSR count). The van der Waals surface area contributed by atoms with E-state index in [-0.39, 0.29) is 24.0 Å². The number of carbonyl (C=O) groups is 1. The summed E-state index contributed by atoms with van der Waals surface area (Å²) in [6.45, 7) is 5.23. The first-order valence-corrected chi connectivity index (χ1v) is 11.2. The van der Waals surface area contributed by atoms with Crippen molar-refractivity contribution in [2.45, 2.75) is 44.6 Å². The lowest BCUT2D eigenvalue weighted by molar-refractivity contribution is 0.110. The third-order valence-electron chi connectivity index (χ3n) is 5.92. The molecule has 0 N–H and O–H groups in total. The first-order valence-electron chi connectivity index (χ1n) is 11.2. The highest BCUT2D eigenvalue weighted by Crippen LogP contribution is 2.44. The normalized spacial score (nSPS) is 14.7. The highest BCUT2D eigenvalue weighted by molar-refractivity contribution is 5.67. The minimum Gasteiger partial charge on any atom is -0.473 e. The third-order valence-corrected chi connectivity index (χ3v) is 5.92. The molecule has 1 fully saturated rings. The fourth-order valence-corrected chi connectivity index (χ4v) is 4.43. The predicted octanol–water partition coefficient (Wildman–Crippen LogP) is 5.59. The van der Waals surface area contributed by atoms with Gasteiger partial charge in [0.25, 0.3) is 5.88 Å². The van der Waals surface area contributed by atoms with Crippen LogP contribution in [0.25, 0.3) is 0 Å². The fourth-order valence-electron chi connectivity index (χ4n) is 4.43. The molecule has 0 spiro atoms. The highest BCUT2D eigenvalue weighted by atomic mass is 16.5. The van der Waals surface area contributed by atoms with E-state index in [0.717, 1.165) is 35.3 Å². The summed E-state index contributed by atoms with van der Waals surface area (Å²) in [6.07, 6.45) is 1.26. The van der Waals surface area contributed by atoms with Crippen LogP contribution < -0.4 is 4.74 Å². The van der Waals surface area contributed by atoms with E-state index in [1.807, 2.05) is 26.0 Å². The SMILES string of the molecule is COC(=O)N1CCC(c2onc(OC(C)C)c2C(c2ccccc2)c2ccccc2)CC1. The summed E-state index contributed by atoms with van der Waals surface area (Å²) in [4.78, 5) is 13.7. The van der Waals surface area contributed by atoms with Crippen LogP contribution in [0.15, 0.2) is 65.2 Å². The van der Waals surface area contributed by atoms with Crippen LogP contribution in [-0.2, 0) is 4.74 Å². The molecule has 1 aromatic heterocycles. The molecule has 6 nitrogen and oxygen atoms in total. The molecule has 1 saturated heterocycles. The summed E-state index contributed by atoms with van der Waals surface area (Å²) >= 11 is 0. The van der Waals surface area contributed by atoms with E-state index in [0.29, 0.717) is 19.0 Å². The lowest BCUT2D eigenvalue weighted by Crippen LogP contribution is -2.37. The van der Waals surface area contributed by atoms with Crippen LogP contribution in [0.5, 0.6) is 5.88 Å².